The lowest BCUT2D eigenvalue weighted by Crippen LogP contribution is -2.48. The zero-order chi connectivity index (χ0) is 17.3. The quantitative estimate of drug-likeness (QED) is 0.631. The maximum atomic E-state index is 12.7. The molecular weight excluding hydrogens is 314 g/mol. The van der Waals surface area contributed by atoms with E-state index < -0.39 is 22.8 Å². The van der Waals surface area contributed by atoms with Crippen LogP contribution >= 0.6 is 0 Å². The fourth-order valence-electron chi connectivity index (χ4n) is 2.98. The van der Waals surface area contributed by atoms with Crippen LogP contribution in [0.3, 0.4) is 0 Å². The number of piperidine rings is 1. The summed E-state index contributed by atoms with van der Waals surface area (Å²) >= 11 is 0. The maximum Gasteiger partial charge on any atom is 0.326 e. The molecule has 1 amide bonds. The van der Waals surface area contributed by atoms with E-state index in [4.69, 9.17) is 0 Å². The SMILES string of the molecule is O=C(O)[C@H]1CCCCN1C(=O)c1ccc(NC2CC2)c([N+](=O)[O-])c1. The van der Waals surface area contributed by atoms with Gasteiger partial charge in [0.05, 0.1) is 4.92 Å². The Morgan fingerprint density at radius 3 is 2.62 bits per heavy atom. The predicted octanol–water partition coefficient (Wildman–Crippen LogP) is 2.25. The van der Waals surface area contributed by atoms with Crippen LogP contribution in [-0.4, -0.2) is 45.4 Å². The molecule has 1 aromatic rings. The summed E-state index contributed by atoms with van der Waals surface area (Å²) in [6.07, 6.45) is 3.85. The Bertz CT molecular complexity index is 686. The monoisotopic (exact) mass is 333 g/mol. The number of rotatable bonds is 5. The molecule has 0 spiro atoms. The van der Waals surface area contributed by atoms with E-state index in [-0.39, 0.29) is 17.3 Å². The Morgan fingerprint density at radius 1 is 1.25 bits per heavy atom. The first-order valence-corrected chi connectivity index (χ1v) is 8.06. The summed E-state index contributed by atoms with van der Waals surface area (Å²) in [5.74, 6) is -1.51. The Kier molecular flexibility index (Phi) is 4.37. The number of carboxylic acids is 1. The molecule has 1 heterocycles. The van der Waals surface area contributed by atoms with Gasteiger partial charge in [0.1, 0.15) is 11.7 Å². The Hall–Kier alpha value is -2.64. The molecule has 0 aromatic heterocycles. The van der Waals surface area contributed by atoms with Gasteiger partial charge in [-0.25, -0.2) is 4.79 Å². The lowest BCUT2D eigenvalue weighted by molar-refractivity contribution is -0.384. The van der Waals surface area contributed by atoms with Gasteiger partial charge in [-0.15, -0.1) is 0 Å². The largest absolute Gasteiger partial charge is 0.480 e. The molecule has 1 aromatic carbocycles. The summed E-state index contributed by atoms with van der Waals surface area (Å²) in [5, 5.41) is 23.7. The third kappa shape index (κ3) is 3.32. The highest BCUT2D eigenvalue weighted by atomic mass is 16.6. The summed E-state index contributed by atoms with van der Waals surface area (Å²) in [6.45, 7) is 0.353. The molecule has 1 saturated carbocycles. The highest BCUT2D eigenvalue weighted by molar-refractivity contribution is 5.98. The molecule has 2 fully saturated rings. The van der Waals surface area contributed by atoms with Crippen LogP contribution in [0.25, 0.3) is 0 Å². The fraction of sp³-hybridized carbons (Fsp3) is 0.500. The number of nitrogens with zero attached hydrogens (tertiary/aromatic N) is 2. The van der Waals surface area contributed by atoms with Crippen molar-refractivity contribution in [2.45, 2.75) is 44.2 Å². The first-order chi connectivity index (χ1) is 11.5. The van der Waals surface area contributed by atoms with Gasteiger partial charge in [-0.3, -0.25) is 14.9 Å². The number of benzene rings is 1. The summed E-state index contributed by atoms with van der Waals surface area (Å²) in [5.41, 5.74) is 0.389. The molecule has 1 saturated heterocycles. The number of nitro benzene ring substituents is 1. The van der Waals surface area contributed by atoms with Gasteiger partial charge in [0.15, 0.2) is 0 Å². The van der Waals surface area contributed by atoms with Gasteiger partial charge in [-0.1, -0.05) is 0 Å². The normalized spacial score (nSPS) is 20.5. The minimum absolute atomic E-state index is 0.149. The fourth-order valence-corrected chi connectivity index (χ4v) is 2.98. The molecule has 8 heteroatoms. The van der Waals surface area contributed by atoms with Gasteiger partial charge in [-0.05, 0) is 44.2 Å². The van der Waals surface area contributed by atoms with Gasteiger partial charge >= 0.3 is 5.97 Å². The molecule has 0 unspecified atom stereocenters. The summed E-state index contributed by atoms with van der Waals surface area (Å²) in [4.78, 5) is 36.1. The van der Waals surface area contributed by atoms with Crippen LogP contribution in [0.4, 0.5) is 11.4 Å². The smallest absolute Gasteiger partial charge is 0.326 e. The van der Waals surface area contributed by atoms with Crippen LogP contribution in [0.5, 0.6) is 0 Å². The molecule has 1 aliphatic heterocycles. The van der Waals surface area contributed by atoms with E-state index in [1.54, 1.807) is 0 Å². The predicted molar refractivity (Wildman–Crippen MR) is 86.1 cm³/mol. The van der Waals surface area contributed by atoms with Crippen LogP contribution in [0.1, 0.15) is 42.5 Å². The van der Waals surface area contributed by atoms with Crippen molar-refractivity contribution in [1.82, 2.24) is 4.90 Å². The van der Waals surface area contributed by atoms with Crippen LogP contribution < -0.4 is 5.32 Å². The molecule has 24 heavy (non-hydrogen) atoms. The number of anilines is 1. The van der Waals surface area contributed by atoms with E-state index in [0.29, 0.717) is 18.7 Å². The average Bonchev–Trinajstić information content (AvgIpc) is 3.38. The van der Waals surface area contributed by atoms with Crippen LogP contribution in [0.2, 0.25) is 0 Å². The van der Waals surface area contributed by atoms with E-state index in [2.05, 4.69) is 5.32 Å². The van der Waals surface area contributed by atoms with E-state index in [9.17, 15) is 24.8 Å². The number of nitro groups is 1. The molecule has 1 atom stereocenters. The minimum Gasteiger partial charge on any atom is -0.480 e. The number of nitrogens with one attached hydrogen (secondary N) is 1. The van der Waals surface area contributed by atoms with E-state index in [1.807, 2.05) is 0 Å². The molecule has 128 valence electrons. The Balaban J connectivity index is 1.87. The van der Waals surface area contributed by atoms with Gasteiger partial charge in [0.25, 0.3) is 11.6 Å². The number of likely N-dealkylation sites (tertiary alicyclic amines) is 1. The van der Waals surface area contributed by atoms with Crippen molar-refractivity contribution in [2.75, 3.05) is 11.9 Å². The summed E-state index contributed by atoms with van der Waals surface area (Å²) in [6, 6.07) is 3.68. The number of hydrogen-bond acceptors (Lipinski definition) is 5. The second kappa shape index (κ2) is 6.46. The average molecular weight is 333 g/mol. The van der Waals surface area contributed by atoms with Crippen molar-refractivity contribution >= 4 is 23.3 Å². The highest BCUT2D eigenvalue weighted by Crippen LogP contribution is 2.32. The first-order valence-electron chi connectivity index (χ1n) is 8.06. The molecule has 1 aliphatic carbocycles. The van der Waals surface area contributed by atoms with Gasteiger partial charge in [0.2, 0.25) is 0 Å². The lowest BCUT2D eigenvalue weighted by Gasteiger charge is -2.33. The maximum absolute atomic E-state index is 12.7. The molecule has 2 aliphatic rings. The van der Waals surface area contributed by atoms with Crippen molar-refractivity contribution in [3.63, 3.8) is 0 Å². The minimum atomic E-state index is -1.04. The number of carboxylic acid groups (broad SMARTS) is 1. The molecule has 8 nitrogen and oxygen atoms in total. The summed E-state index contributed by atoms with van der Waals surface area (Å²) < 4.78 is 0. The van der Waals surface area contributed by atoms with Gasteiger partial charge < -0.3 is 15.3 Å². The number of amides is 1. The molecular formula is C16H19N3O5. The highest BCUT2D eigenvalue weighted by Gasteiger charge is 2.33. The molecule has 0 bridgehead atoms. The van der Waals surface area contributed by atoms with Crippen LogP contribution in [0.15, 0.2) is 18.2 Å². The molecule has 0 radical (unpaired) electrons. The van der Waals surface area contributed by atoms with Crippen molar-refractivity contribution in [1.29, 1.82) is 0 Å². The van der Waals surface area contributed by atoms with Gasteiger partial charge in [-0.2, -0.15) is 0 Å². The Labute approximate surface area is 138 Å². The van der Waals surface area contributed by atoms with Crippen molar-refractivity contribution < 1.29 is 19.6 Å². The molecule has 2 N–H and O–H groups in total. The van der Waals surface area contributed by atoms with Crippen molar-refractivity contribution in [3.05, 3.63) is 33.9 Å². The van der Waals surface area contributed by atoms with Crippen LogP contribution in [0, 0.1) is 10.1 Å². The number of carbonyl (C=O) groups is 2. The number of aliphatic carboxylic acids is 1. The second-order valence-corrected chi connectivity index (χ2v) is 6.26. The zero-order valence-electron chi connectivity index (χ0n) is 13.1. The third-order valence-electron chi connectivity index (χ3n) is 4.43. The molecule has 3 rings (SSSR count). The topological polar surface area (TPSA) is 113 Å². The number of hydrogen-bond donors (Lipinski definition) is 2. The standard InChI is InChI=1S/C16H19N3O5/c20-15(18-8-2-1-3-13(18)16(21)22)10-4-7-12(17-11-5-6-11)14(9-10)19(23)24/h4,7,9,11,13,17H,1-3,5-6,8H2,(H,21,22)/t13-/m1/s1. The summed E-state index contributed by atoms with van der Waals surface area (Å²) in [7, 11) is 0. The second-order valence-electron chi connectivity index (χ2n) is 6.26. The first kappa shape index (κ1) is 16.2. The van der Waals surface area contributed by atoms with Crippen molar-refractivity contribution in [2.24, 2.45) is 0 Å². The van der Waals surface area contributed by atoms with Crippen molar-refractivity contribution in [3.8, 4) is 0 Å². The van der Waals surface area contributed by atoms with E-state index >= 15 is 0 Å². The van der Waals surface area contributed by atoms with Crippen LogP contribution in [-0.2, 0) is 4.79 Å². The van der Waals surface area contributed by atoms with E-state index in [1.165, 1.54) is 23.1 Å². The third-order valence-corrected chi connectivity index (χ3v) is 4.43. The van der Waals surface area contributed by atoms with E-state index in [0.717, 1.165) is 25.7 Å². The Morgan fingerprint density at radius 2 is 2.00 bits per heavy atom. The lowest BCUT2D eigenvalue weighted by atomic mass is 10.0. The number of carbonyl (C=O) groups excluding carboxylic acids is 1. The zero-order valence-corrected chi connectivity index (χ0v) is 13.1. The van der Waals surface area contributed by atoms with Gasteiger partial charge in [0, 0.05) is 24.2 Å².